The van der Waals surface area contributed by atoms with Crippen LogP contribution in [0.4, 0.5) is 0 Å². The highest BCUT2D eigenvalue weighted by Gasteiger charge is 2.08. The number of rotatable bonds is 6. The zero-order valence-electron chi connectivity index (χ0n) is 17.1. The van der Waals surface area contributed by atoms with Crippen molar-refractivity contribution in [2.75, 3.05) is 0 Å². The summed E-state index contributed by atoms with van der Waals surface area (Å²) in [5.41, 5.74) is 7.29. The third kappa shape index (κ3) is 4.79. The maximum absolute atomic E-state index is 3.81. The van der Waals surface area contributed by atoms with E-state index in [0.717, 1.165) is 24.2 Å². The molecule has 0 N–H and O–H groups in total. The summed E-state index contributed by atoms with van der Waals surface area (Å²) in [6, 6.07) is 17.0. The van der Waals surface area contributed by atoms with Gasteiger partial charge in [-0.25, -0.2) is 0 Å². The number of benzene rings is 2. The lowest BCUT2D eigenvalue weighted by Gasteiger charge is -2.22. The molecular weight excluding hydrogens is 364 g/mol. The minimum Gasteiger partial charge on any atom is -0.350 e. The Morgan fingerprint density at radius 3 is 1.17 bits per heavy atom. The van der Waals surface area contributed by atoms with Gasteiger partial charge in [0.2, 0.25) is 0 Å². The summed E-state index contributed by atoms with van der Waals surface area (Å²) in [6.07, 6.45) is 21.0. The van der Waals surface area contributed by atoms with Crippen molar-refractivity contribution in [3.63, 3.8) is 0 Å². The van der Waals surface area contributed by atoms with E-state index < -0.39 is 0 Å². The van der Waals surface area contributed by atoms with Gasteiger partial charge in [0.1, 0.15) is 0 Å². The van der Waals surface area contributed by atoms with Crippen LogP contribution in [0.2, 0.25) is 0 Å². The van der Waals surface area contributed by atoms with Crippen LogP contribution < -0.4 is 0 Å². The molecule has 30 heavy (non-hydrogen) atoms. The molecule has 2 nitrogen and oxygen atoms in total. The van der Waals surface area contributed by atoms with E-state index in [2.05, 4.69) is 121 Å². The Labute approximate surface area is 179 Å². The Morgan fingerprint density at radius 2 is 0.867 bits per heavy atom. The van der Waals surface area contributed by atoms with E-state index in [1.54, 1.807) is 0 Å². The van der Waals surface area contributed by atoms with Crippen LogP contribution in [0.5, 0.6) is 0 Å². The van der Waals surface area contributed by atoms with Crippen molar-refractivity contribution in [1.29, 1.82) is 0 Å². The Balaban J connectivity index is 1.35. The third-order valence-corrected chi connectivity index (χ3v) is 5.28. The molecule has 2 heteroatoms. The van der Waals surface area contributed by atoms with E-state index in [9.17, 15) is 0 Å². The number of hydrogen-bond donors (Lipinski definition) is 0. The third-order valence-electron chi connectivity index (χ3n) is 5.28. The molecule has 0 atom stereocenters. The SMILES string of the molecule is C=Cc1ccc(CN2C=CC(=C3C=CN(Cc4ccc(C=C)cc4)C=C3)C=C2)cc1. The average molecular weight is 391 g/mol. The molecule has 0 spiro atoms. The molecule has 0 unspecified atom stereocenters. The van der Waals surface area contributed by atoms with Gasteiger partial charge in [-0.2, -0.15) is 0 Å². The van der Waals surface area contributed by atoms with Crippen LogP contribution in [0.3, 0.4) is 0 Å². The molecule has 0 radical (unpaired) electrons. The molecule has 0 aliphatic carbocycles. The lowest BCUT2D eigenvalue weighted by molar-refractivity contribution is 0.495. The smallest absolute Gasteiger partial charge is 0.0470 e. The molecule has 148 valence electrons. The van der Waals surface area contributed by atoms with Crippen LogP contribution >= 0.6 is 0 Å². The molecular formula is C28H26N2. The second-order valence-corrected chi connectivity index (χ2v) is 7.41. The molecule has 0 amide bonds. The fourth-order valence-corrected chi connectivity index (χ4v) is 3.45. The first-order chi connectivity index (χ1) is 14.7. The molecule has 2 aromatic carbocycles. The molecule has 0 saturated carbocycles. The van der Waals surface area contributed by atoms with Gasteiger partial charge in [-0.3, -0.25) is 0 Å². The largest absolute Gasteiger partial charge is 0.350 e. The van der Waals surface area contributed by atoms with Crippen LogP contribution in [-0.4, -0.2) is 9.80 Å². The predicted molar refractivity (Wildman–Crippen MR) is 128 cm³/mol. The highest BCUT2D eigenvalue weighted by Crippen LogP contribution is 2.21. The normalized spacial score (nSPS) is 15.1. The summed E-state index contributed by atoms with van der Waals surface area (Å²) in [7, 11) is 0. The van der Waals surface area contributed by atoms with Gasteiger partial charge in [-0.15, -0.1) is 0 Å². The molecule has 4 rings (SSSR count). The monoisotopic (exact) mass is 390 g/mol. The van der Waals surface area contributed by atoms with E-state index >= 15 is 0 Å². The second-order valence-electron chi connectivity index (χ2n) is 7.41. The highest BCUT2D eigenvalue weighted by molar-refractivity contribution is 5.50. The van der Waals surface area contributed by atoms with Gasteiger partial charge in [0.25, 0.3) is 0 Å². The lowest BCUT2D eigenvalue weighted by atomic mass is 10.0. The Bertz CT molecular complexity index is 941. The van der Waals surface area contributed by atoms with Gasteiger partial charge < -0.3 is 9.80 Å². The van der Waals surface area contributed by atoms with Crippen LogP contribution in [0, 0.1) is 0 Å². The van der Waals surface area contributed by atoms with Crippen LogP contribution in [0.1, 0.15) is 22.3 Å². The summed E-state index contributed by atoms with van der Waals surface area (Å²) in [6.45, 7) is 9.33. The molecule has 2 aliphatic heterocycles. The van der Waals surface area contributed by atoms with Crippen molar-refractivity contribution >= 4 is 12.2 Å². The zero-order chi connectivity index (χ0) is 20.8. The van der Waals surface area contributed by atoms with Gasteiger partial charge in [0.05, 0.1) is 0 Å². The van der Waals surface area contributed by atoms with Crippen molar-refractivity contribution < 1.29 is 0 Å². The molecule has 2 heterocycles. The van der Waals surface area contributed by atoms with Crippen molar-refractivity contribution in [2.45, 2.75) is 13.1 Å². The molecule has 0 bridgehead atoms. The summed E-state index contributed by atoms with van der Waals surface area (Å²) >= 11 is 0. The highest BCUT2D eigenvalue weighted by atomic mass is 15.1. The Kier molecular flexibility index (Phi) is 5.95. The van der Waals surface area contributed by atoms with Gasteiger partial charge in [0, 0.05) is 37.9 Å². The Hall–Kier alpha value is -3.78. The number of nitrogens with zero attached hydrogens (tertiary/aromatic N) is 2. The van der Waals surface area contributed by atoms with Gasteiger partial charge in [0.15, 0.2) is 0 Å². The molecule has 0 aromatic heterocycles. The van der Waals surface area contributed by atoms with E-state index in [-0.39, 0.29) is 0 Å². The van der Waals surface area contributed by atoms with Gasteiger partial charge in [-0.05, 0) is 57.7 Å². The van der Waals surface area contributed by atoms with Crippen molar-refractivity contribution in [3.05, 3.63) is 144 Å². The van der Waals surface area contributed by atoms with Crippen molar-refractivity contribution in [2.24, 2.45) is 0 Å². The van der Waals surface area contributed by atoms with Crippen molar-refractivity contribution in [1.82, 2.24) is 9.80 Å². The minimum atomic E-state index is 0.858. The first kappa shape index (κ1) is 19.5. The maximum atomic E-state index is 3.81. The number of hydrogen-bond acceptors (Lipinski definition) is 2. The van der Waals surface area contributed by atoms with E-state index in [1.165, 1.54) is 22.3 Å². The summed E-state index contributed by atoms with van der Waals surface area (Å²) in [4.78, 5) is 4.39. The fourth-order valence-electron chi connectivity index (χ4n) is 3.45. The lowest BCUT2D eigenvalue weighted by Crippen LogP contribution is -2.13. The van der Waals surface area contributed by atoms with Crippen LogP contribution in [0.15, 0.2) is 122 Å². The molecule has 0 fully saturated rings. The minimum absolute atomic E-state index is 0.858. The standard InChI is InChI=1S/C28H26N2/c1-3-23-5-9-25(10-6-23)21-29-17-13-27(14-18-29)28-15-19-30(20-16-28)22-26-11-7-24(4-2)8-12-26/h3-20H,1-2,21-22H2. The fraction of sp³-hybridized carbons (Fsp3) is 0.0714. The zero-order valence-corrected chi connectivity index (χ0v) is 17.1. The molecule has 2 aliphatic rings. The average Bonchev–Trinajstić information content (AvgIpc) is 2.81. The van der Waals surface area contributed by atoms with Gasteiger partial charge in [-0.1, -0.05) is 73.8 Å². The topological polar surface area (TPSA) is 6.48 Å². The number of allylic oxidation sites excluding steroid dienone is 6. The summed E-state index contributed by atoms with van der Waals surface area (Å²) < 4.78 is 0. The van der Waals surface area contributed by atoms with E-state index in [0.29, 0.717) is 0 Å². The van der Waals surface area contributed by atoms with Crippen LogP contribution in [0.25, 0.3) is 12.2 Å². The first-order valence-electron chi connectivity index (χ1n) is 10.1. The van der Waals surface area contributed by atoms with Crippen LogP contribution in [-0.2, 0) is 13.1 Å². The van der Waals surface area contributed by atoms with Gasteiger partial charge >= 0.3 is 0 Å². The summed E-state index contributed by atoms with van der Waals surface area (Å²) in [5.74, 6) is 0. The second kappa shape index (κ2) is 9.15. The maximum Gasteiger partial charge on any atom is 0.0470 e. The van der Waals surface area contributed by atoms with Crippen molar-refractivity contribution in [3.8, 4) is 0 Å². The van der Waals surface area contributed by atoms with E-state index in [4.69, 9.17) is 0 Å². The summed E-state index contributed by atoms with van der Waals surface area (Å²) in [5, 5.41) is 0. The molecule has 2 aromatic rings. The first-order valence-corrected chi connectivity index (χ1v) is 10.1. The molecule has 0 saturated heterocycles. The predicted octanol–water partition coefficient (Wildman–Crippen LogP) is 6.66. The Morgan fingerprint density at radius 1 is 0.533 bits per heavy atom. The van der Waals surface area contributed by atoms with E-state index in [1.807, 2.05) is 12.2 Å². The quantitative estimate of drug-likeness (QED) is 0.544.